The summed E-state index contributed by atoms with van der Waals surface area (Å²) < 4.78 is 5.25. The molecule has 0 saturated heterocycles. The Balaban J connectivity index is 2.10. The van der Waals surface area contributed by atoms with E-state index in [2.05, 4.69) is 9.97 Å². The van der Waals surface area contributed by atoms with Crippen molar-refractivity contribution in [2.24, 2.45) is 0 Å². The van der Waals surface area contributed by atoms with Gasteiger partial charge in [0, 0.05) is 16.1 Å². The fourth-order valence-corrected chi connectivity index (χ4v) is 2.38. The average molecular weight is 312 g/mol. The van der Waals surface area contributed by atoms with Gasteiger partial charge in [0.15, 0.2) is 0 Å². The number of hydrogen-bond acceptors (Lipinski definition) is 4. The third kappa shape index (κ3) is 3.02. The minimum atomic E-state index is 0.218. The molecule has 0 unspecified atom stereocenters. The second kappa shape index (κ2) is 6.03. The van der Waals surface area contributed by atoms with Gasteiger partial charge >= 0.3 is 0 Å². The number of benzene rings is 2. The third-order valence-electron chi connectivity index (χ3n) is 3.23. The first-order valence-corrected chi connectivity index (χ1v) is 7.08. The number of hydrogen-bond donors (Lipinski definition) is 1. The van der Waals surface area contributed by atoms with Crippen molar-refractivity contribution in [2.45, 2.75) is 0 Å². The molecule has 0 amide bonds. The van der Waals surface area contributed by atoms with Gasteiger partial charge in [0.1, 0.15) is 5.75 Å². The van der Waals surface area contributed by atoms with Crippen LogP contribution in [0, 0.1) is 0 Å². The van der Waals surface area contributed by atoms with E-state index in [-0.39, 0.29) is 5.95 Å². The van der Waals surface area contributed by atoms with Gasteiger partial charge in [-0.3, -0.25) is 0 Å². The van der Waals surface area contributed by atoms with Gasteiger partial charge in [-0.15, -0.1) is 0 Å². The minimum Gasteiger partial charge on any atom is -0.497 e. The van der Waals surface area contributed by atoms with E-state index in [1.165, 1.54) is 0 Å². The second-order valence-electron chi connectivity index (χ2n) is 4.74. The number of halogens is 1. The first-order chi connectivity index (χ1) is 10.7. The maximum Gasteiger partial charge on any atom is 0.221 e. The van der Waals surface area contributed by atoms with E-state index in [0.29, 0.717) is 5.02 Å². The monoisotopic (exact) mass is 311 g/mol. The van der Waals surface area contributed by atoms with E-state index in [1.807, 2.05) is 54.6 Å². The lowest BCUT2D eigenvalue weighted by Gasteiger charge is -2.08. The van der Waals surface area contributed by atoms with E-state index >= 15 is 0 Å². The summed E-state index contributed by atoms with van der Waals surface area (Å²) in [6.07, 6.45) is 0. The number of aromatic nitrogens is 2. The molecule has 3 aromatic rings. The van der Waals surface area contributed by atoms with E-state index < -0.39 is 0 Å². The predicted molar refractivity (Wildman–Crippen MR) is 88.9 cm³/mol. The lowest BCUT2D eigenvalue weighted by atomic mass is 10.1. The fraction of sp³-hybridized carbons (Fsp3) is 0.0588. The van der Waals surface area contributed by atoms with Crippen LogP contribution in [0.15, 0.2) is 54.6 Å². The zero-order valence-corrected chi connectivity index (χ0v) is 12.7. The van der Waals surface area contributed by atoms with Gasteiger partial charge in [-0.2, -0.15) is 0 Å². The molecule has 0 atom stereocenters. The Labute approximate surface area is 133 Å². The Kier molecular flexibility index (Phi) is 3.94. The Morgan fingerprint density at radius 1 is 0.909 bits per heavy atom. The molecule has 0 saturated carbocycles. The minimum absolute atomic E-state index is 0.218. The summed E-state index contributed by atoms with van der Waals surface area (Å²) in [5.41, 5.74) is 9.13. The number of nitrogens with two attached hydrogens (primary N) is 1. The highest BCUT2D eigenvalue weighted by Crippen LogP contribution is 2.27. The van der Waals surface area contributed by atoms with Crippen molar-refractivity contribution in [1.29, 1.82) is 0 Å². The van der Waals surface area contributed by atoms with Crippen molar-refractivity contribution in [3.8, 4) is 28.3 Å². The molecule has 0 aliphatic heterocycles. The largest absolute Gasteiger partial charge is 0.497 e. The van der Waals surface area contributed by atoms with Crippen LogP contribution in [-0.4, -0.2) is 17.1 Å². The highest BCUT2D eigenvalue weighted by molar-refractivity contribution is 6.30. The highest BCUT2D eigenvalue weighted by Gasteiger charge is 2.08. The number of ether oxygens (including phenoxy) is 1. The van der Waals surface area contributed by atoms with Crippen molar-refractivity contribution < 1.29 is 4.74 Å². The molecule has 1 heterocycles. The highest BCUT2D eigenvalue weighted by atomic mass is 35.5. The molecule has 2 aromatic carbocycles. The van der Waals surface area contributed by atoms with E-state index in [9.17, 15) is 0 Å². The number of nitrogen functional groups attached to an aromatic ring is 1. The maximum absolute atomic E-state index is 6.04. The summed E-state index contributed by atoms with van der Waals surface area (Å²) in [6.45, 7) is 0. The van der Waals surface area contributed by atoms with Crippen molar-refractivity contribution in [3.05, 3.63) is 59.6 Å². The lowest BCUT2D eigenvalue weighted by Crippen LogP contribution is -1.98. The molecule has 0 radical (unpaired) electrons. The molecule has 1 aromatic heterocycles. The number of nitrogens with zero attached hydrogens (tertiary/aromatic N) is 2. The van der Waals surface area contributed by atoms with Gasteiger partial charge in [-0.25, -0.2) is 9.97 Å². The molecule has 2 N–H and O–H groups in total. The van der Waals surface area contributed by atoms with E-state index in [0.717, 1.165) is 28.3 Å². The molecular formula is C17H14ClN3O. The fourth-order valence-electron chi connectivity index (χ4n) is 2.19. The molecule has 0 fully saturated rings. The van der Waals surface area contributed by atoms with Crippen LogP contribution >= 0.6 is 11.6 Å². The normalized spacial score (nSPS) is 10.5. The maximum atomic E-state index is 6.04. The van der Waals surface area contributed by atoms with Gasteiger partial charge < -0.3 is 10.5 Å². The van der Waals surface area contributed by atoms with Crippen molar-refractivity contribution in [3.63, 3.8) is 0 Å². The Bertz CT molecular complexity index is 821. The van der Waals surface area contributed by atoms with Crippen LogP contribution in [0.5, 0.6) is 5.75 Å². The molecular weight excluding hydrogens is 298 g/mol. The van der Waals surface area contributed by atoms with Gasteiger partial charge in [-0.05, 0) is 30.3 Å². The van der Waals surface area contributed by atoms with Crippen LogP contribution in [0.25, 0.3) is 22.5 Å². The van der Waals surface area contributed by atoms with E-state index in [4.69, 9.17) is 22.1 Å². The summed E-state index contributed by atoms with van der Waals surface area (Å²) in [4.78, 5) is 8.60. The zero-order valence-electron chi connectivity index (χ0n) is 12.0. The van der Waals surface area contributed by atoms with Gasteiger partial charge in [-0.1, -0.05) is 35.9 Å². The summed E-state index contributed by atoms with van der Waals surface area (Å²) in [7, 11) is 1.63. The van der Waals surface area contributed by atoms with Crippen LogP contribution in [0.4, 0.5) is 5.95 Å². The SMILES string of the molecule is COc1cccc(-c2cc(-c3cccc(Cl)c3)nc(N)n2)c1. The van der Waals surface area contributed by atoms with Crippen LogP contribution < -0.4 is 10.5 Å². The van der Waals surface area contributed by atoms with Crippen molar-refractivity contribution in [1.82, 2.24) is 9.97 Å². The molecule has 22 heavy (non-hydrogen) atoms. The molecule has 3 rings (SSSR count). The smallest absolute Gasteiger partial charge is 0.221 e. The van der Waals surface area contributed by atoms with Gasteiger partial charge in [0.25, 0.3) is 0 Å². The standard InChI is InChI=1S/C17H14ClN3O/c1-22-14-7-3-5-12(9-14)16-10-15(20-17(19)21-16)11-4-2-6-13(18)8-11/h2-10H,1H3,(H2,19,20,21). The molecule has 4 nitrogen and oxygen atoms in total. The molecule has 0 bridgehead atoms. The van der Waals surface area contributed by atoms with Crippen molar-refractivity contribution in [2.75, 3.05) is 12.8 Å². The molecule has 0 spiro atoms. The number of anilines is 1. The molecule has 0 aliphatic rings. The third-order valence-corrected chi connectivity index (χ3v) is 3.46. The van der Waals surface area contributed by atoms with Crippen LogP contribution in [0.2, 0.25) is 5.02 Å². The summed E-state index contributed by atoms with van der Waals surface area (Å²) >= 11 is 6.04. The Morgan fingerprint density at radius 2 is 1.55 bits per heavy atom. The van der Waals surface area contributed by atoms with Gasteiger partial charge in [0.05, 0.1) is 18.5 Å². The van der Waals surface area contributed by atoms with E-state index in [1.54, 1.807) is 7.11 Å². The number of methoxy groups -OCH3 is 1. The van der Waals surface area contributed by atoms with Crippen LogP contribution in [0.3, 0.4) is 0 Å². The summed E-state index contributed by atoms with van der Waals surface area (Å²) in [5, 5.41) is 0.651. The Morgan fingerprint density at radius 3 is 2.18 bits per heavy atom. The van der Waals surface area contributed by atoms with Crippen LogP contribution in [-0.2, 0) is 0 Å². The average Bonchev–Trinajstić information content (AvgIpc) is 2.54. The zero-order chi connectivity index (χ0) is 15.5. The molecule has 110 valence electrons. The first kappa shape index (κ1) is 14.4. The summed E-state index contributed by atoms with van der Waals surface area (Å²) in [5.74, 6) is 0.981. The molecule has 0 aliphatic carbocycles. The topological polar surface area (TPSA) is 61.0 Å². The van der Waals surface area contributed by atoms with Gasteiger partial charge in [0.2, 0.25) is 5.95 Å². The molecule has 5 heteroatoms. The Hall–Kier alpha value is -2.59. The number of rotatable bonds is 3. The second-order valence-corrected chi connectivity index (χ2v) is 5.18. The van der Waals surface area contributed by atoms with Crippen molar-refractivity contribution >= 4 is 17.5 Å². The summed E-state index contributed by atoms with van der Waals surface area (Å²) in [6, 6.07) is 17.0. The van der Waals surface area contributed by atoms with Crippen LogP contribution in [0.1, 0.15) is 0 Å². The first-order valence-electron chi connectivity index (χ1n) is 6.70. The predicted octanol–water partition coefficient (Wildman–Crippen LogP) is 4.05. The quantitative estimate of drug-likeness (QED) is 0.792. The lowest BCUT2D eigenvalue weighted by molar-refractivity contribution is 0.415.